The van der Waals surface area contributed by atoms with Crippen molar-refractivity contribution in [3.05, 3.63) is 95.2 Å². The van der Waals surface area contributed by atoms with Crippen molar-refractivity contribution in [2.45, 2.75) is 20.8 Å². The standard InChI is InChI=1S/C26H24N2O3/c1-4-31-21-15-13-20(14-16-21)28-25(29)23(19-10-6-5-7-11-19)24(26(28)30)27-22-12-8-9-17(2)18(22)3/h5-16,27H,4H2,1-3H3. The zero-order valence-electron chi connectivity index (χ0n) is 17.8. The number of nitrogens with one attached hydrogen (secondary N) is 1. The lowest BCUT2D eigenvalue weighted by Gasteiger charge is -2.16. The van der Waals surface area contributed by atoms with Crippen LogP contribution in [-0.4, -0.2) is 18.4 Å². The van der Waals surface area contributed by atoms with Gasteiger partial charge in [0.2, 0.25) is 0 Å². The summed E-state index contributed by atoms with van der Waals surface area (Å²) in [6, 6.07) is 22.1. The van der Waals surface area contributed by atoms with Crippen molar-refractivity contribution < 1.29 is 14.3 Å². The Bertz CT molecular complexity index is 1170. The average Bonchev–Trinajstić information content (AvgIpc) is 3.02. The number of anilines is 2. The van der Waals surface area contributed by atoms with E-state index in [2.05, 4.69) is 5.32 Å². The number of hydrogen-bond acceptors (Lipinski definition) is 4. The number of nitrogens with zero attached hydrogens (tertiary/aromatic N) is 1. The molecule has 0 saturated heterocycles. The van der Waals surface area contributed by atoms with Gasteiger partial charge in [-0.15, -0.1) is 0 Å². The van der Waals surface area contributed by atoms with Gasteiger partial charge in [0.05, 0.1) is 17.9 Å². The molecule has 1 aliphatic heterocycles. The summed E-state index contributed by atoms with van der Waals surface area (Å²) >= 11 is 0. The molecule has 0 radical (unpaired) electrons. The molecule has 0 saturated carbocycles. The molecule has 1 N–H and O–H groups in total. The van der Waals surface area contributed by atoms with Crippen molar-refractivity contribution in [3.8, 4) is 5.75 Å². The molecular weight excluding hydrogens is 388 g/mol. The van der Waals surface area contributed by atoms with Crippen molar-refractivity contribution in [2.24, 2.45) is 0 Å². The van der Waals surface area contributed by atoms with Crippen molar-refractivity contribution in [1.82, 2.24) is 0 Å². The summed E-state index contributed by atoms with van der Waals surface area (Å²) in [7, 11) is 0. The molecule has 0 atom stereocenters. The van der Waals surface area contributed by atoms with Gasteiger partial charge in [-0.2, -0.15) is 0 Å². The minimum Gasteiger partial charge on any atom is -0.494 e. The predicted octanol–water partition coefficient (Wildman–Crippen LogP) is 5.10. The van der Waals surface area contributed by atoms with E-state index in [1.807, 2.05) is 69.3 Å². The number of rotatable bonds is 6. The lowest BCUT2D eigenvalue weighted by Crippen LogP contribution is -2.32. The Morgan fingerprint density at radius 2 is 1.55 bits per heavy atom. The molecule has 1 aliphatic rings. The first-order chi connectivity index (χ1) is 15.0. The Hall–Kier alpha value is -3.86. The van der Waals surface area contributed by atoms with E-state index >= 15 is 0 Å². The van der Waals surface area contributed by atoms with Crippen LogP contribution in [0.2, 0.25) is 0 Å². The van der Waals surface area contributed by atoms with E-state index in [4.69, 9.17) is 4.74 Å². The van der Waals surface area contributed by atoms with Gasteiger partial charge in [0.25, 0.3) is 11.8 Å². The van der Waals surface area contributed by atoms with E-state index in [1.165, 1.54) is 4.90 Å². The lowest BCUT2D eigenvalue weighted by atomic mass is 10.0. The molecule has 156 valence electrons. The molecule has 0 spiro atoms. The smallest absolute Gasteiger partial charge is 0.282 e. The molecule has 5 heteroatoms. The molecule has 1 heterocycles. The normalized spacial score (nSPS) is 13.7. The summed E-state index contributed by atoms with van der Waals surface area (Å²) in [5.41, 5.74) is 4.78. The minimum absolute atomic E-state index is 0.277. The molecule has 0 aliphatic carbocycles. The van der Waals surface area contributed by atoms with Crippen molar-refractivity contribution >= 4 is 28.8 Å². The highest BCUT2D eigenvalue weighted by molar-refractivity contribution is 6.46. The number of carbonyl (C=O) groups is 2. The van der Waals surface area contributed by atoms with Crippen LogP contribution in [0.5, 0.6) is 5.75 Å². The maximum absolute atomic E-state index is 13.5. The van der Waals surface area contributed by atoms with Gasteiger partial charge >= 0.3 is 0 Å². The second kappa shape index (κ2) is 8.48. The van der Waals surface area contributed by atoms with E-state index in [-0.39, 0.29) is 17.5 Å². The second-order valence-corrected chi connectivity index (χ2v) is 7.36. The molecule has 0 unspecified atom stereocenters. The summed E-state index contributed by atoms with van der Waals surface area (Å²) in [4.78, 5) is 28.1. The summed E-state index contributed by atoms with van der Waals surface area (Å²) < 4.78 is 5.48. The monoisotopic (exact) mass is 412 g/mol. The molecular formula is C26H24N2O3. The highest BCUT2D eigenvalue weighted by atomic mass is 16.5. The first-order valence-corrected chi connectivity index (χ1v) is 10.3. The summed E-state index contributed by atoms with van der Waals surface area (Å²) in [5, 5.41) is 3.25. The topological polar surface area (TPSA) is 58.6 Å². The average molecular weight is 412 g/mol. The quantitative estimate of drug-likeness (QED) is 0.573. The number of benzene rings is 3. The van der Waals surface area contributed by atoms with Gasteiger partial charge in [0.1, 0.15) is 11.4 Å². The number of hydrogen-bond donors (Lipinski definition) is 1. The van der Waals surface area contributed by atoms with E-state index < -0.39 is 0 Å². The van der Waals surface area contributed by atoms with Crippen LogP contribution in [0.1, 0.15) is 23.6 Å². The molecule has 3 aromatic rings. The van der Waals surface area contributed by atoms with Crippen LogP contribution in [0.15, 0.2) is 78.5 Å². The van der Waals surface area contributed by atoms with Gasteiger partial charge in [0.15, 0.2) is 0 Å². The fourth-order valence-electron chi connectivity index (χ4n) is 3.63. The molecule has 2 amide bonds. The van der Waals surface area contributed by atoms with Gasteiger partial charge in [-0.05, 0) is 67.8 Å². The highest BCUT2D eigenvalue weighted by Crippen LogP contribution is 2.35. The third kappa shape index (κ3) is 3.82. The lowest BCUT2D eigenvalue weighted by molar-refractivity contribution is -0.120. The molecule has 0 fully saturated rings. The second-order valence-electron chi connectivity index (χ2n) is 7.36. The van der Waals surface area contributed by atoms with Gasteiger partial charge in [-0.1, -0.05) is 42.5 Å². The first-order valence-electron chi connectivity index (χ1n) is 10.3. The van der Waals surface area contributed by atoms with Crippen LogP contribution >= 0.6 is 0 Å². The van der Waals surface area contributed by atoms with Crippen LogP contribution in [0, 0.1) is 13.8 Å². The number of amides is 2. The van der Waals surface area contributed by atoms with Gasteiger partial charge in [-0.3, -0.25) is 9.59 Å². The largest absolute Gasteiger partial charge is 0.494 e. The van der Waals surface area contributed by atoms with Crippen LogP contribution in [0.3, 0.4) is 0 Å². The number of imide groups is 1. The molecule has 3 aromatic carbocycles. The summed E-state index contributed by atoms with van der Waals surface area (Å²) in [6.45, 7) is 6.46. The third-order valence-electron chi connectivity index (χ3n) is 5.42. The molecule has 0 aromatic heterocycles. The van der Waals surface area contributed by atoms with Gasteiger partial charge in [0, 0.05) is 5.69 Å². The molecule has 0 bridgehead atoms. The fourth-order valence-corrected chi connectivity index (χ4v) is 3.63. The Morgan fingerprint density at radius 3 is 2.23 bits per heavy atom. The van der Waals surface area contributed by atoms with Gasteiger partial charge < -0.3 is 10.1 Å². The number of ether oxygens (including phenoxy) is 1. The highest BCUT2D eigenvalue weighted by Gasteiger charge is 2.40. The van der Waals surface area contributed by atoms with Crippen molar-refractivity contribution in [1.29, 1.82) is 0 Å². The summed E-state index contributed by atoms with van der Waals surface area (Å²) in [5.74, 6) is -0.0441. The molecule has 31 heavy (non-hydrogen) atoms. The zero-order chi connectivity index (χ0) is 22.0. The number of carbonyl (C=O) groups excluding carboxylic acids is 2. The van der Waals surface area contributed by atoms with Crippen LogP contribution in [0.4, 0.5) is 11.4 Å². The first kappa shape index (κ1) is 20.4. The molecule has 5 nitrogen and oxygen atoms in total. The predicted molar refractivity (Wildman–Crippen MR) is 123 cm³/mol. The van der Waals surface area contributed by atoms with E-state index in [1.54, 1.807) is 24.3 Å². The van der Waals surface area contributed by atoms with E-state index in [0.717, 1.165) is 16.8 Å². The maximum atomic E-state index is 13.5. The zero-order valence-corrected chi connectivity index (χ0v) is 17.8. The minimum atomic E-state index is -0.381. The van der Waals surface area contributed by atoms with Crippen LogP contribution < -0.4 is 15.0 Å². The van der Waals surface area contributed by atoms with Crippen molar-refractivity contribution in [3.63, 3.8) is 0 Å². The van der Waals surface area contributed by atoms with Crippen LogP contribution in [0.25, 0.3) is 5.57 Å². The van der Waals surface area contributed by atoms with E-state index in [0.29, 0.717) is 29.2 Å². The Balaban J connectivity index is 1.78. The third-order valence-corrected chi connectivity index (χ3v) is 5.42. The van der Waals surface area contributed by atoms with Crippen LogP contribution in [-0.2, 0) is 9.59 Å². The van der Waals surface area contributed by atoms with Crippen molar-refractivity contribution in [2.75, 3.05) is 16.8 Å². The molecule has 4 rings (SSSR count). The Kier molecular flexibility index (Phi) is 5.58. The fraction of sp³-hybridized carbons (Fsp3) is 0.154. The maximum Gasteiger partial charge on any atom is 0.282 e. The number of aryl methyl sites for hydroxylation is 1. The summed E-state index contributed by atoms with van der Waals surface area (Å²) in [6.07, 6.45) is 0. The van der Waals surface area contributed by atoms with Gasteiger partial charge in [-0.25, -0.2) is 4.90 Å². The SMILES string of the molecule is CCOc1ccc(N2C(=O)C(Nc3cccc(C)c3C)=C(c3ccccc3)C2=O)cc1. The Morgan fingerprint density at radius 1 is 0.839 bits per heavy atom. The Labute approximate surface area is 182 Å². The van der Waals surface area contributed by atoms with E-state index in [9.17, 15) is 9.59 Å².